The van der Waals surface area contributed by atoms with Crippen molar-refractivity contribution in [2.75, 3.05) is 33.2 Å². The molecule has 2 rings (SSSR count). The van der Waals surface area contributed by atoms with Gasteiger partial charge in [-0.1, -0.05) is 0 Å². The third-order valence-corrected chi connectivity index (χ3v) is 3.59. The summed E-state index contributed by atoms with van der Waals surface area (Å²) in [6.45, 7) is 3.75. The van der Waals surface area contributed by atoms with Crippen LogP contribution in [0.5, 0.6) is 0 Å². The lowest BCUT2D eigenvalue weighted by Crippen LogP contribution is -2.52. The largest absolute Gasteiger partial charge is 0.304 e. The maximum absolute atomic E-state index is 11.9. The number of hydrogen-bond acceptors (Lipinski definition) is 3. The van der Waals surface area contributed by atoms with Crippen LogP contribution in [-0.4, -0.2) is 49.0 Å². The summed E-state index contributed by atoms with van der Waals surface area (Å²) in [7, 11) is 2.10. The molecular formula is C12H16IN3O. The summed E-state index contributed by atoms with van der Waals surface area (Å²) in [4.78, 5) is 14.2. The fraction of sp³-hybridized carbons (Fsp3) is 0.417. The molecule has 0 aliphatic carbocycles. The zero-order valence-corrected chi connectivity index (χ0v) is 12.0. The SMILES string of the molecule is CN1CCN(NC(=O)c2ccc(I)cc2)CC1. The van der Waals surface area contributed by atoms with E-state index < -0.39 is 0 Å². The lowest BCUT2D eigenvalue weighted by Gasteiger charge is -2.32. The number of halogens is 1. The molecule has 1 aromatic rings. The fourth-order valence-corrected chi connectivity index (χ4v) is 2.09. The molecule has 0 spiro atoms. The predicted molar refractivity (Wildman–Crippen MR) is 75.7 cm³/mol. The first kappa shape index (κ1) is 12.8. The van der Waals surface area contributed by atoms with Crippen molar-refractivity contribution in [3.63, 3.8) is 0 Å². The van der Waals surface area contributed by atoms with Crippen LogP contribution >= 0.6 is 22.6 Å². The van der Waals surface area contributed by atoms with Gasteiger partial charge in [-0.15, -0.1) is 0 Å². The third-order valence-electron chi connectivity index (χ3n) is 2.87. The van der Waals surface area contributed by atoms with Crippen molar-refractivity contribution in [3.05, 3.63) is 33.4 Å². The Morgan fingerprint density at radius 1 is 1.18 bits per heavy atom. The molecule has 1 N–H and O–H groups in total. The number of amides is 1. The second-order valence-electron chi connectivity index (χ2n) is 4.24. The van der Waals surface area contributed by atoms with E-state index in [1.54, 1.807) is 0 Å². The average molecular weight is 345 g/mol. The minimum absolute atomic E-state index is 0.0223. The first-order valence-corrected chi connectivity index (χ1v) is 6.73. The quantitative estimate of drug-likeness (QED) is 0.818. The zero-order chi connectivity index (χ0) is 12.3. The number of carbonyl (C=O) groups is 1. The number of hydrazine groups is 1. The standard InChI is InChI=1S/C12H16IN3O/c1-15-6-8-16(9-7-15)14-12(17)10-2-4-11(13)5-3-10/h2-5H,6-9H2,1H3,(H,14,17). The molecule has 0 radical (unpaired) electrons. The molecule has 0 unspecified atom stereocenters. The van der Waals surface area contributed by atoms with Crippen LogP contribution < -0.4 is 5.43 Å². The Morgan fingerprint density at radius 3 is 2.35 bits per heavy atom. The van der Waals surface area contributed by atoms with Gasteiger partial charge >= 0.3 is 0 Å². The van der Waals surface area contributed by atoms with Crippen LogP contribution in [-0.2, 0) is 0 Å². The molecule has 0 saturated carbocycles. The number of nitrogens with zero attached hydrogens (tertiary/aromatic N) is 2. The molecule has 1 heterocycles. The Balaban J connectivity index is 1.91. The molecule has 0 aromatic heterocycles. The lowest BCUT2D eigenvalue weighted by molar-refractivity contribution is 0.0662. The molecule has 1 aromatic carbocycles. The highest BCUT2D eigenvalue weighted by atomic mass is 127. The van der Waals surface area contributed by atoms with Crippen LogP contribution in [0.25, 0.3) is 0 Å². The van der Waals surface area contributed by atoms with Crippen molar-refractivity contribution in [3.8, 4) is 0 Å². The second kappa shape index (κ2) is 5.79. The van der Waals surface area contributed by atoms with Gasteiger partial charge in [0.05, 0.1) is 0 Å². The van der Waals surface area contributed by atoms with Crippen molar-refractivity contribution < 1.29 is 4.79 Å². The van der Waals surface area contributed by atoms with Gasteiger partial charge in [0.1, 0.15) is 0 Å². The van der Waals surface area contributed by atoms with Gasteiger partial charge in [0.15, 0.2) is 0 Å². The van der Waals surface area contributed by atoms with Crippen molar-refractivity contribution >= 4 is 28.5 Å². The summed E-state index contributed by atoms with van der Waals surface area (Å²) in [6.07, 6.45) is 0. The Kier molecular flexibility index (Phi) is 4.36. The van der Waals surface area contributed by atoms with Crippen LogP contribution in [0.3, 0.4) is 0 Å². The Morgan fingerprint density at radius 2 is 1.76 bits per heavy atom. The van der Waals surface area contributed by atoms with Crippen LogP contribution in [0, 0.1) is 3.57 Å². The smallest absolute Gasteiger partial charge is 0.265 e. The third kappa shape index (κ3) is 3.65. The molecule has 0 bridgehead atoms. The van der Waals surface area contributed by atoms with Gasteiger partial charge in [-0.25, -0.2) is 5.01 Å². The van der Waals surface area contributed by atoms with E-state index in [9.17, 15) is 4.79 Å². The summed E-state index contributed by atoms with van der Waals surface area (Å²) in [6, 6.07) is 7.60. The number of carbonyl (C=O) groups excluding carboxylic acids is 1. The van der Waals surface area contributed by atoms with E-state index in [0.717, 1.165) is 29.7 Å². The van der Waals surface area contributed by atoms with Crippen molar-refractivity contribution in [1.82, 2.24) is 15.3 Å². The molecule has 0 atom stereocenters. The van der Waals surface area contributed by atoms with Gasteiger partial charge < -0.3 is 4.90 Å². The van der Waals surface area contributed by atoms with Gasteiger partial charge in [0.25, 0.3) is 5.91 Å². The maximum Gasteiger partial charge on any atom is 0.265 e. The highest BCUT2D eigenvalue weighted by molar-refractivity contribution is 14.1. The average Bonchev–Trinajstić information content (AvgIpc) is 2.33. The molecule has 5 heteroatoms. The van der Waals surface area contributed by atoms with Gasteiger partial charge in [-0.05, 0) is 53.9 Å². The Labute approximate surface area is 115 Å². The molecular weight excluding hydrogens is 329 g/mol. The molecule has 1 saturated heterocycles. The van der Waals surface area contributed by atoms with Gasteiger partial charge in [0, 0.05) is 35.3 Å². The fourth-order valence-electron chi connectivity index (χ4n) is 1.73. The number of likely N-dealkylation sites (N-methyl/N-ethyl adjacent to an activating group) is 1. The highest BCUT2D eigenvalue weighted by Gasteiger charge is 2.16. The minimum Gasteiger partial charge on any atom is -0.304 e. The predicted octanol–water partition coefficient (Wildman–Crippen LogP) is 1.18. The van der Waals surface area contributed by atoms with E-state index in [0.29, 0.717) is 5.56 Å². The summed E-state index contributed by atoms with van der Waals surface area (Å²) in [5, 5.41) is 1.99. The molecule has 1 aliphatic rings. The van der Waals surface area contributed by atoms with E-state index >= 15 is 0 Å². The summed E-state index contributed by atoms with van der Waals surface area (Å²) in [5.74, 6) is -0.0223. The highest BCUT2D eigenvalue weighted by Crippen LogP contribution is 2.07. The summed E-state index contributed by atoms with van der Waals surface area (Å²) >= 11 is 2.23. The molecule has 1 aliphatic heterocycles. The first-order valence-electron chi connectivity index (χ1n) is 5.65. The van der Waals surface area contributed by atoms with E-state index in [2.05, 4.69) is 40.0 Å². The van der Waals surface area contributed by atoms with Crippen molar-refractivity contribution in [2.24, 2.45) is 0 Å². The van der Waals surface area contributed by atoms with E-state index in [-0.39, 0.29) is 5.91 Å². The van der Waals surface area contributed by atoms with E-state index in [4.69, 9.17) is 0 Å². The molecule has 17 heavy (non-hydrogen) atoms. The first-order chi connectivity index (χ1) is 8.15. The monoisotopic (exact) mass is 345 g/mol. The Bertz CT molecular complexity index is 385. The topological polar surface area (TPSA) is 35.6 Å². The van der Waals surface area contributed by atoms with Crippen LogP contribution in [0.4, 0.5) is 0 Å². The number of hydrogen-bond donors (Lipinski definition) is 1. The number of rotatable bonds is 2. The van der Waals surface area contributed by atoms with E-state index in [1.807, 2.05) is 29.3 Å². The lowest BCUT2D eigenvalue weighted by atomic mass is 10.2. The van der Waals surface area contributed by atoms with Crippen LogP contribution in [0.1, 0.15) is 10.4 Å². The molecule has 1 fully saturated rings. The Hall–Kier alpha value is -0.660. The zero-order valence-electron chi connectivity index (χ0n) is 9.82. The number of benzene rings is 1. The molecule has 92 valence electrons. The van der Waals surface area contributed by atoms with Gasteiger partial charge in [0.2, 0.25) is 0 Å². The number of piperazine rings is 1. The van der Waals surface area contributed by atoms with Crippen molar-refractivity contribution in [2.45, 2.75) is 0 Å². The minimum atomic E-state index is -0.0223. The normalized spacial score (nSPS) is 18.0. The van der Waals surface area contributed by atoms with Gasteiger partial charge in [-0.3, -0.25) is 10.2 Å². The number of nitrogens with one attached hydrogen (secondary N) is 1. The second-order valence-corrected chi connectivity index (χ2v) is 5.48. The maximum atomic E-state index is 11.9. The molecule has 1 amide bonds. The van der Waals surface area contributed by atoms with Crippen molar-refractivity contribution in [1.29, 1.82) is 0 Å². The van der Waals surface area contributed by atoms with E-state index in [1.165, 1.54) is 0 Å². The van der Waals surface area contributed by atoms with Gasteiger partial charge in [-0.2, -0.15) is 0 Å². The van der Waals surface area contributed by atoms with Crippen LogP contribution in [0.15, 0.2) is 24.3 Å². The van der Waals surface area contributed by atoms with Crippen LogP contribution in [0.2, 0.25) is 0 Å². The summed E-state index contributed by atoms with van der Waals surface area (Å²) < 4.78 is 1.14. The molecule has 4 nitrogen and oxygen atoms in total. The summed E-state index contributed by atoms with van der Waals surface area (Å²) in [5.41, 5.74) is 3.65.